The number of ether oxygens (including phenoxy) is 1. The van der Waals surface area contributed by atoms with Gasteiger partial charge in [-0.3, -0.25) is 0 Å². The summed E-state index contributed by atoms with van der Waals surface area (Å²) < 4.78 is 7.37. The van der Waals surface area contributed by atoms with Gasteiger partial charge in [-0.2, -0.15) is 10.4 Å². The number of aromatic nitrogens is 3. The Bertz CT molecular complexity index is 609. The van der Waals surface area contributed by atoms with Gasteiger partial charge in [-0.05, 0) is 12.1 Å². The monoisotopic (exact) mass is 274 g/mol. The Hall–Kier alpha value is -1.71. The Morgan fingerprint density at radius 2 is 2.16 bits per heavy atom. The molecule has 0 aliphatic carbocycles. The summed E-state index contributed by atoms with van der Waals surface area (Å²) in [5, 5.41) is 13.9. The van der Waals surface area contributed by atoms with Gasteiger partial charge in [0.05, 0.1) is 11.8 Å². The highest BCUT2D eigenvalue weighted by atomic mass is 28.3. The summed E-state index contributed by atoms with van der Waals surface area (Å²) in [6, 6.07) is 4.99. The van der Waals surface area contributed by atoms with Crippen molar-refractivity contribution in [3.05, 3.63) is 24.0 Å². The average molecular weight is 274 g/mol. The molecule has 2 aromatic rings. The number of fused-ring (bicyclic) bond motifs is 1. The van der Waals surface area contributed by atoms with Gasteiger partial charge >= 0.3 is 0 Å². The number of pyridine rings is 1. The van der Waals surface area contributed by atoms with Crippen LogP contribution < -0.4 is 0 Å². The van der Waals surface area contributed by atoms with Gasteiger partial charge in [-0.15, -0.1) is 0 Å². The predicted molar refractivity (Wildman–Crippen MR) is 76.3 cm³/mol. The Morgan fingerprint density at radius 1 is 1.37 bits per heavy atom. The molecule has 0 aliphatic rings. The molecule has 0 bridgehead atoms. The van der Waals surface area contributed by atoms with Crippen LogP contribution in [0.1, 0.15) is 5.56 Å². The van der Waals surface area contributed by atoms with E-state index in [1.807, 2.05) is 0 Å². The van der Waals surface area contributed by atoms with Crippen molar-refractivity contribution < 1.29 is 4.74 Å². The van der Waals surface area contributed by atoms with Crippen LogP contribution in [-0.2, 0) is 11.5 Å². The summed E-state index contributed by atoms with van der Waals surface area (Å²) >= 11 is 0. The lowest BCUT2D eigenvalue weighted by Gasteiger charge is -2.15. The first kappa shape index (κ1) is 13.7. The first-order valence-corrected chi connectivity index (χ1v) is 10.00. The van der Waals surface area contributed by atoms with Gasteiger partial charge < -0.3 is 4.74 Å². The third kappa shape index (κ3) is 3.62. The minimum atomic E-state index is -1.05. The van der Waals surface area contributed by atoms with Crippen LogP contribution in [0.25, 0.3) is 11.0 Å². The Morgan fingerprint density at radius 3 is 2.84 bits per heavy atom. The van der Waals surface area contributed by atoms with Crippen molar-refractivity contribution in [3.63, 3.8) is 0 Å². The molecular weight excluding hydrogens is 256 g/mol. The van der Waals surface area contributed by atoms with Crippen LogP contribution in [0.5, 0.6) is 0 Å². The molecular formula is C13H18N4OSi. The molecule has 2 aromatic heterocycles. The van der Waals surface area contributed by atoms with Crippen LogP contribution in [0.15, 0.2) is 18.5 Å². The molecule has 2 rings (SSSR count). The first-order valence-electron chi connectivity index (χ1n) is 6.29. The first-order chi connectivity index (χ1) is 8.99. The van der Waals surface area contributed by atoms with E-state index in [0.717, 1.165) is 23.7 Å². The fraction of sp³-hybridized carbons (Fsp3) is 0.462. The van der Waals surface area contributed by atoms with Crippen molar-refractivity contribution in [2.75, 3.05) is 6.61 Å². The van der Waals surface area contributed by atoms with E-state index in [0.29, 0.717) is 12.3 Å². The van der Waals surface area contributed by atoms with Crippen molar-refractivity contribution in [2.45, 2.75) is 32.4 Å². The zero-order valence-corrected chi connectivity index (χ0v) is 12.6. The fourth-order valence-corrected chi connectivity index (χ4v) is 2.41. The van der Waals surface area contributed by atoms with Crippen LogP contribution in [0.4, 0.5) is 0 Å². The number of nitriles is 1. The molecule has 0 spiro atoms. The topological polar surface area (TPSA) is 63.7 Å². The normalized spacial score (nSPS) is 11.7. The number of nitrogens with zero attached hydrogens (tertiary/aromatic N) is 4. The van der Waals surface area contributed by atoms with Crippen LogP contribution in [-0.4, -0.2) is 29.4 Å². The summed E-state index contributed by atoms with van der Waals surface area (Å²) in [7, 11) is -1.05. The van der Waals surface area contributed by atoms with Crippen LogP contribution in [0.3, 0.4) is 0 Å². The van der Waals surface area contributed by atoms with Gasteiger partial charge in [-0.25, -0.2) is 9.67 Å². The summed E-state index contributed by atoms with van der Waals surface area (Å²) in [4.78, 5) is 4.25. The smallest absolute Gasteiger partial charge is 0.160 e. The molecule has 0 aliphatic heterocycles. The summed E-state index contributed by atoms with van der Waals surface area (Å²) in [6.45, 7) is 8.14. The lowest BCUT2D eigenvalue weighted by molar-refractivity contribution is 0.0813. The third-order valence-corrected chi connectivity index (χ3v) is 4.52. The molecule has 0 saturated carbocycles. The van der Waals surface area contributed by atoms with Gasteiger partial charge in [0, 0.05) is 26.3 Å². The molecule has 19 heavy (non-hydrogen) atoms. The maximum Gasteiger partial charge on any atom is 0.160 e. The van der Waals surface area contributed by atoms with E-state index in [1.165, 1.54) is 0 Å². The van der Waals surface area contributed by atoms with Gasteiger partial charge in [-0.1, -0.05) is 19.6 Å². The van der Waals surface area contributed by atoms with Gasteiger partial charge in [0.2, 0.25) is 0 Å². The van der Waals surface area contributed by atoms with E-state index < -0.39 is 8.07 Å². The van der Waals surface area contributed by atoms with Gasteiger partial charge in [0.1, 0.15) is 12.8 Å². The second-order valence-electron chi connectivity index (χ2n) is 5.74. The molecule has 100 valence electrons. The van der Waals surface area contributed by atoms with Gasteiger partial charge in [0.25, 0.3) is 0 Å². The lowest BCUT2D eigenvalue weighted by atomic mass is 10.2. The summed E-state index contributed by atoms with van der Waals surface area (Å²) in [5.74, 6) is 0. The zero-order valence-electron chi connectivity index (χ0n) is 11.6. The maximum atomic E-state index is 8.82. The van der Waals surface area contributed by atoms with Crippen molar-refractivity contribution in [2.24, 2.45) is 0 Å². The van der Waals surface area contributed by atoms with E-state index in [-0.39, 0.29) is 0 Å². The molecule has 5 nitrogen and oxygen atoms in total. The van der Waals surface area contributed by atoms with E-state index in [9.17, 15) is 0 Å². The summed E-state index contributed by atoms with van der Waals surface area (Å²) in [6.07, 6.45) is 3.27. The standard InChI is InChI=1S/C13H18N4OSi/c1-19(2,3)5-4-18-10-17-13-12(9-16-17)6-11(7-14)8-15-13/h6,8-9H,4-5,10H2,1-3H3. The van der Waals surface area contributed by atoms with E-state index in [4.69, 9.17) is 10.00 Å². The predicted octanol–water partition coefficient (Wildman–Crippen LogP) is 2.62. The van der Waals surface area contributed by atoms with Crippen molar-refractivity contribution >= 4 is 19.1 Å². The van der Waals surface area contributed by atoms with Crippen LogP contribution in [0.2, 0.25) is 25.7 Å². The molecule has 0 N–H and O–H groups in total. The fourth-order valence-electron chi connectivity index (χ4n) is 1.66. The molecule has 6 heteroatoms. The highest BCUT2D eigenvalue weighted by molar-refractivity contribution is 6.76. The Kier molecular flexibility index (Phi) is 3.98. The molecule has 2 heterocycles. The largest absolute Gasteiger partial charge is 0.359 e. The van der Waals surface area contributed by atoms with E-state index in [1.54, 1.807) is 23.1 Å². The molecule has 0 aromatic carbocycles. The summed E-state index contributed by atoms with van der Waals surface area (Å²) in [5.41, 5.74) is 1.30. The van der Waals surface area contributed by atoms with E-state index in [2.05, 4.69) is 35.8 Å². The third-order valence-electron chi connectivity index (χ3n) is 2.81. The molecule has 0 amide bonds. The SMILES string of the molecule is C[Si](C)(C)CCOCn1ncc2cc(C#N)cnc21. The van der Waals surface area contributed by atoms with Crippen LogP contribution >= 0.6 is 0 Å². The number of hydrogen-bond acceptors (Lipinski definition) is 4. The lowest BCUT2D eigenvalue weighted by Crippen LogP contribution is -2.22. The Labute approximate surface area is 113 Å². The highest BCUT2D eigenvalue weighted by Crippen LogP contribution is 2.13. The maximum absolute atomic E-state index is 8.82. The zero-order chi connectivity index (χ0) is 13.9. The molecule has 0 unspecified atom stereocenters. The minimum Gasteiger partial charge on any atom is -0.359 e. The quantitative estimate of drug-likeness (QED) is 0.621. The van der Waals surface area contributed by atoms with Crippen LogP contribution in [0, 0.1) is 11.3 Å². The number of rotatable bonds is 5. The second kappa shape index (κ2) is 5.51. The molecule has 0 radical (unpaired) electrons. The molecule has 0 saturated heterocycles. The van der Waals surface area contributed by atoms with Gasteiger partial charge in [0.15, 0.2) is 5.65 Å². The average Bonchev–Trinajstić information content (AvgIpc) is 2.75. The Balaban J connectivity index is 2.00. The molecule has 0 atom stereocenters. The van der Waals surface area contributed by atoms with Crippen molar-refractivity contribution in [1.82, 2.24) is 14.8 Å². The molecule has 0 fully saturated rings. The number of hydrogen-bond donors (Lipinski definition) is 0. The van der Waals surface area contributed by atoms with E-state index >= 15 is 0 Å². The van der Waals surface area contributed by atoms with Crippen molar-refractivity contribution in [3.8, 4) is 6.07 Å². The highest BCUT2D eigenvalue weighted by Gasteiger charge is 2.12. The minimum absolute atomic E-state index is 0.410. The second-order valence-corrected chi connectivity index (χ2v) is 11.4. The van der Waals surface area contributed by atoms with Crippen molar-refractivity contribution in [1.29, 1.82) is 5.26 Å².